The predicted molar refractivity (Wildman–Crippen MR) is 98.0 cm³/mol. The third-order valence-electron chi connectivity index (χ3n) is 3.62. The zero-order chi connectivity index (χ0) is 18.0. The normalized spacial score (nSPS) is 12.5. The van der Waals surface area contributed by atoms with Gasteiger partial charge in [0.2, 0.25) is 12.7 Å². The topological polar surface area (TPSA) is 56.8 Å². The molecule has 1 aliphatic heterocycles. The lowest BCUT2D eigenvalue weighted by molar-refractivity contribution is -0.111. The van der Waals surface area contributed by atoms with Gasteiger partial charge in [-0.3, -0.25) is 4.79 Å². The Morgan fingerprint density at radius 1 is 1.20 bits per heavy atom. The number of methoxy groups -OCH3 is 1. The Balaban J connectivity index is 1.76. The highest BCUT2D eigenvalue weighted by atomic mass is 35.5. The molecule has 25 heavy (non-hydrogen) atoms. The Kier molecular flexibility index (Phi) is 5.06. The van der Waals surface area contributed by atoms with E-state index < -0.39 is 0 Å². The second-order valence-electron chi connectivity index (χ2n) is 5.36. The van der Waals surface area contributed by atoms with Crippen LogP contribution in [0.5, 0.6) is 17.2 Å². The molecule has 0 bridgehead atoms. The summed E-state index contributed by atoms with van der Waals surface area (Å²) in [4.78, 5) is 12.2. The summed E-state index contributed by atoms with van der Waals surface area (Å²) in [5.41, 5.74) is 2.11. The van der Waals surface area contributed by atoms with E-state index in [1.165, 1.54) is 13.2 Å². The highest BCUT2D eigenvalue weighted by Gasteiger charge is 2.17. The number of hydrogen-bond acceptors (Lipinski definition) is 4. The van der Waals surface area contributed by atoms with Crippen LogP contribution in [0, 0.1) is 6.92 Å². The standard InChI is InChI=1S/C18H15Cl2NO4/c1-10-5-14(15(23-2)8-12(10)19)21-17(22)4-3-11-6-13(20)18-16(7-11)24-9-25-18/h3-8H,9H2,1-2H3,(H,21,22)/b4-3+. The number of halogens is 2. The van der Waals surface area contributed by atoms with E-state index in [4.69, 9.17) is 37.4 Å². The van der Waals surface area contributed by atoms with Gasteiger partial charge in [-0.15, -0.1) is 0 Å². The van der Waals surface area contributed by atoms with Crippen LogP contribution in [0.3, 0.4) is 0 Å². The molecule has 0 fully saturated rings. The van der Waals surface area contributed by atoms with Gasteiger partial charge >= 0.3 is 0 Å². The van der Waals surface area contributed by atoms with Crippen LogP contribution in [0.4, 0.5) is 5.69 Å². The van der Waals surface area contributed by atoms with Gasteiger partial charge in [-0.1, -0.05) is 23.2 Å². The van der Waals surface area contributed by atoms with E-state index in [2.05, 4.69) is 5.32 Å². The minimum atomic E-state index is -0.311. The zero-order valence-electron chi connectivity index (χ0n) is 13.6. The van der Waals surface area contributed by atoms with Crippen LogP contribution >= 0.6 is 23.2 Å². The first kappa shape index (κ1) is 17.5. The number of benzene rings is 2. The maximum absolute atomic E-state index is 12.2. The number of hydrogen-bond donors (Lipinski definition) is 1. The molecule has 1 amide bonds. The summed E-state index contributed by atoms with van der Waals surface area (Å²) < 4.78 is 15.8. The molecule has 2 aromatic rings. The lowest BCUT2D eigenvalue weighted by Crippen LogP contribution is -2.09. The molecule has 130 valence electrons. The summed E-state index contributed by atoms with van der Waals surface area (Å²) in [6.07, 6.45) is 3.04. The average Bonchev–Trinajstić information content (AvgIpc) is 3.05. The molecule has 0 saturated heterocycles. The number of rotatable bonds is 4. The molecule has 0 saturated carbocycles. The van der Waals surface area contributed by atoms with Gasteiger partial charge in [0.25, 0.3) is 0 Å². The molecule has 0 aliphatic carbocycles. The van der Waals surface area contributed by atoms with Gasteiger partial charge in [0, 0.05) is 17.2 Å². The Morgan fingerprint density at radius 2 is 2.00 bits per heavy atom. The number of fused-ring (bicyclic) bond motifs is 1. The number of anilines is 1. The predicted octanol–water partition coefficient (Wildman–Crippen LogP) is 4.69. The molecule has 0 atom stereocenters. The number of ether oxygens (including phenoxy) is 3. The summed E-state index contributed by atoms with van der Waals surface area (Å²) in [6, 6.07) is 6.87. The monoisotopic (exact) mass is 379 g/mol. The van der Waals surface area contributed by atoms with Crippen LogP contribution in [-0.2, 0) is 4.79 Å². The van der Waals surface area contributed by atoms with E-state index >= 15 is 0 Å². The van der Waals surface area contributed by atoms with E-state index in [0.717, 1.165) is 11.1 Å². The van der Waals surface area contributed by atoms with Crippen molar-refractivity contribution >= 4 is 40.9 Å². The van der Waals surface area contributed by atoms with E-state index in [1.807, 2.05) is 6.92 Å². The largest absolute Gasteiger partial charge is 0.495 e. The Morgan fingerprint density at radius 3 is 2.76 bits per heavy atom. The van der Waals surface area contributed by atoms with Gasteiger partial charge < -0.3 is 19.5 Å². The fraction of sp³-hybridized carbons (Fsp3) is 0.167. The Labute approximate surface area is 155 Å². The fourth-order valence-electron chi connectivity index (χ4n) is 2.36. The molecule has 3 rings (SSSR count). The maximum atomic E-state index is 12.2. The molecule has 0 spiro atoms. The Hall–Kier alpha value is -2.37. The highest BCUT2D eigenvalue weighted by molar-refractivity contribution is 6.32. The SMILES string of the molecule is COc1cc(Cl)c(C)cc1NC(=O)/C=C/c1cc(Cl)c2c(c1)OCO2. The lowest BCUT2D eigenvalue weighted by Gasteiger charge is -2.11. The van der Waals surface area contributed by atoms with Crippen molar-refractivity contribution in [3.63, 3.8) is 0 Å². The lowest BCUT2D eigenvalue weighted by atomic mass is 10.1. The van der Waals surface area contributed by atoms with Crippen LogP contribution in [0.15, 0.2) is 30.3 Å². The second kappa shape index (κ2) is 7.25. The van der Waals surface area contributed by atoms with Crippen LogP contribution in [0.1, 0.15) is 11.1 Å². The smallest absolute Gasteiger partial charge is 0.248 e. The molecule has 1 N–H and O–H groups in total. The van der Waals surface area contributed by atoms with E-state index in [0.29, 0.717) is 33.0 Å². The highest BCUT2D eigenvalue weighted by Crippen LogP contribution is 2.40. The van der Waals surface area contributed by atoms with Gasteiger partial charge in [0.1, 0.15) is 5.75 Å². The summed E-state index contributed by atoms with van der Waals surface area (Å²) in [5.74, 6) is 1.25. The van der Waals surface area contributed by atoms with Gasteiger partial charge in [-0.2, -0.15) is 0 Å². The molecule has 0 aromatic heterocycles. The molecule has 0 unspecified atom stereocenters. The summed E-state index contributed by atoms with van der Waals surface area (Å²) in [6.45, 7) is 1.99. The van der Waals surface area contributed by atoms with Gasteiger partial charge in [0.05, 0.1) is 17.8 Å². The summed E-state index contributed by atoms with van der Waals surface area (Å²) >= 11 is 12.2. The maximum Gasteiger partial charge on any atom is 0.248 e. The van der Waals surface area contributed by atoms with Crippen molar-refractivity contribution < 1.29 is 19.0 Å². The van der Waals surface area contributed by atoms with Crippen LogP contribution in [-0.4, -0.2) is 19.8 Å². The average molecular weight is 380 g/mol. The third kappa shape index (κ3) is 3.83. The molecule has 1 heterocycles. The molecule has 5 nitrogen and oxygen atoms in total. The van der Waals surface area contributed by atoms with Gasteiger partial charge in [-0.05, 0) is 42.3 Å². The number of carbonyl (C=O) groups is 1. The van der Waals surface area contributed by atoms with E-state index in [1.54, 1.807) is 30.3 Å². The quantitative estimate of drug-likeness (QED) is 0.782. The van der Waals surface area contributed by atoms with Gasteiger partial charge in [0.15, 0.2) is 11.5 Å². The molecular weight excluding hydrogens is 365 g/mol. The number of aryl methyl sites for hydroxylation is 1. The van der Waals surface area contributed by atoms with Crippen molar-refractivity contribution in [2.24, 2.45) is 0 Å². The van der Waals surface area contributed by atoms with Crippen molar-refractivity contribution in [1.29, 1.82) is 0 Å². The van der Waals surface area contributed by atoms with Crippen molar-refractivity contribution in [2.75, 3.05) is 19.2 Å². The van der Waals surface area contributed by atoms with Crippen molar-refractivity contribution in [3.05, 3.63) is 51.5 Å². The minimum Gasteiger partial charge on any atom is -0.495 e. The van der Waals surface area contributed by atoms with E-state index in [9.17, 15) is 4.79 Å². The summed E-state index contributed by atoms with van der Waals surface area (Å²) in [7, 11) is 1.51. The molecular formula is C18H15Cl2NO4. The van der Waals surface area contributed by atoms with Gasteiger partial charge in [-0.25, -0.2) is 0 Å². The third-order valence-corrected chi connectivity index (χ3v) is 4.30. The Bertz CT molecular complexity index is 865. The fourth-order valence-corrected chi connectivity index (χ4v) is 2.79. The molecule has 0 radical (unpaired) electrons. The first-order valence-electron chi connectivity index (χ1n) is 7.40. The van der Waals surface area contributed by atoms with Crippen LogP contribution in [0.25, 0.3) is 6.08 Å². The van der Waals surface area contributed by atoms with Crippen molar-refractivity contribution in [2.45, 2.75) is 6.92 Å². The van der Waals surface area contributed by atoms with Crippen molar-refractivity contribution in [1.82, 2.24) is 0 Å². The number of amides is 1. The zero-order valence-corrected chi connectivity index (χ0v) is 15.1. The molecule has 7 heteroatoms. The van der Waals surface area contributed by atoms with E-state index in [-0.39, 0.29) is 12.7 Å². The first-order valence-corrected chi connectivity index (χ1v) is 8.16. The molecule has 2 aromatic carbocycles. The number of carbonyl (C=O) groups excluding carboxylic acids is 1. The minimum absolute atomic E-state index is 0.137. The van der Waals surface area contributed by atoms with Crippen molar-refractivity contribution in [3.8, 4) is 17.2 Å². The van der Waals surface area contributed by atoms with Crippen LogP contribution < -0.4 is 19.5 Å². The number of nitrogens with one attached hydrogen (secondary N) is 1. The summed E-state index contributed by atoms with van der Waals surface area (Å²) in [5, 5.41) is 3.77. The second-order valence-corrected chi connectivity index (χ2v) is 6.18. The first-order chi connectivity index (χ1) is 12.0. The van der Waals surface area contributed by atoms with Crippen LogP contribution in [0.2, 0.25) is 10.0 Å². The molecule has 1 aliphatic rings.